The van der Waals surface area contributed by atoms with Crippen LogP contribution in [0.1, 0.15) is 47.2 Å². The molecule has 2 aromatic heterocycles. The Hall–Kier alpha value is -2.64. The molecule has 0 spiro atoms. The first-order valence-electron chi connectivity index (χ1n) is 9.07. The topological polar surface area (TPSA) is 64.6 Å². The minimum atomic E-state index is -0.448. The van der Waals surface area contributed by atoms with Gasteiger partial charge in [0, 0.05) is 10.4 Å². The van der Waals surface area contributed by atoms with Gasteiger partial charge in [-0.2, -0.15) is 0 Å². The first-order chi connectivity index (χ1) is 13.8. The summed E-state index contributed by atoms with van der Waals surface area (Å²) >= 11 is 2.72. The first-order valence-corrected chi connectivity index (χ1v) is 10.8. The van der Waals surface area contributed by atoms with Crippen molar-refractivity contribution in [2.75, 3.05) is 12.4 Å². The predicted molar refractivity (Wildman–Crippen MR) is 118 cm³/mol. The lowest BCUT2D eigenvalue weighted by molar-refractivity contribution is 0.0601. The second kappa shape index (κ2) is 8.80. The Balaban J connectivity index is 1.71. The molecule has 0 radical (unpaired) electrons. The van der Waals surface area contributed by atoms with E-state index in [0.717, 1.165) is 32.9 Å². The average molecular weight is 430 g/mol. The van der Waals surface area contributed by atoms with E-state index in [1.54, 1.807) is 0 Å². The van der Waals surface area contributed by atoms with Crippen molar-refractivity contribution in [1.82, 2.24) is 0 Å². The van der Waals surface area contributed by atoms with Crippen LogP contribution in [0.3, 0.4) is 0 Å². The quantitative estimate of drug-likeness (QED) is 0.514. The molecule has 0 aliphatic heterocycles. The molecule has 5 nitrogen and oxygen atoms in total. The van der Waals surface area contributed by atoms with Crippen LogP contribution < -0.4 is 10.1 Å². The Labute approximate surface area is 178 Å². The monoisotopic (exact) mass is 429 g/mol. The van der Waals surface area contributed by atoms with Crippen LogP contribution in [0.2, 0.25) is 0 Å². The molecule has 3 aromatic rings. The maximum absolute atomic E-state index is 12.7. The number of ether oxygens (including phenoxy) is 2. The number of thiophene rings is 2. The number of carbonyl (C=O) groups is 2. The van der Waals surface area contributed by atoms with E-state index < -0.39 is 5.97 Å². The molecule has 0 atom stereocenters. The molecule has 1 amide bonds. The van der Waals surface area contributed by atoms with Crippen molar-refractivity contribution in [2.24, 2.45) is 0 Å². The van der Waals surface area contributed by atoms with Crippen molar-refractivity contribution in [1.29, 1.82) is 0 Å². The number of aryl methyl sites for hydroxylation is 3. The zero-order valence-electron chi connectivity index (χ0n) is 17.0. The summed E-state index contributed by atoms with van der Waals surface area (Å²) in [5.74, 6) is 0.143. The van der Waals surface area contributed by atoms with E-state index in [0.29, 0.717) is 22.0 Å². The first kappa shape index (κ1) is 21.1. The second-order valence-corrected chi connectivity index (χ2v) is 8.95. The van der Waals surface area contributed by atoms with Crippen LogP contribution in [-0.2, 0) is 11.3 Å². The van der Waals surface area contributed by atoms with Gasteiger partial charge in [0.2, 0.25) is 0 Å². The summed E-state index contributed by atoms with van der Waals surface area (Å²) in [7, 11) is 1.34. The van der Waals surface area contributed by atoms with Gasteiger partial charge in [0.15, 0.2) is 0 Å². The summed E-state index contributed by atoms with van der Waals surface area (Å²) in [4.78, 5) is 26.3. The van der Waals surface area contributed by atoms with Crippen LogP contribution in [0.5, 0.6) is 5.75 Å². The highest BCUT2D eigenvalue weighted by Crippen LogP contribution is 2.33. The fourth-order valence-corrected chi connectivity index (χ4v) is 4.66. The van der Waals surface area contributed by atoms with Gasteiger partial charge in [0.1, 0.15) is 17.4 Å². The van der Waals surface area contributed by atoms with E-state index in [1.807, 2.05) is 57.3 Å². The van der Waals surface area contributed by atoms with E-state index in [4.69, 9.17) is 9.47 Å². The number of hydrogen-bond donors (Lipinski definition) is 1. The van der Waals surface area contributed by atoms with Crippen molar-refractivity contribution in [3.8, 4) is 5.75 Å². The van der Waals surface area contributed by atoms with Gasteiger partial charge in [-0.15, -0.1) is 22.7 Å². The fraction of sp³-hybridized carbons (Fsp3) is 0.273. The zero-order valence-corrected chi connectivity index (χ0v) is 18.7. The van der Waals surface area contributed by atoms with Crippen LogP contribution in [0, 0.1) is 27.7 Å². The summed E-state index contributed by atoms with van der Waals surface area (Å²) in [6.07, 6.45) is 0. The van der Waals surface area contributed by atoms with Gasteiger partial charge in [-0.25, -0.2) is 4.79 Å². The standard InChI is InChI=1S/C22H23NO4S2/c1-12-6-7-13(2)17(8-12)27-10-16-9-18(28-11-16)20(24)23-21-19(22(25)26-5)14(3)15(4)29-21/h6-9,11H,10H2,1-5H3,(H,23,24). The van der Waals surface area contributed by atoms with E-state index >= 15 is 0 Å². The highest BCUT2D eigenvalue weighted by molar-refractivity contribution is 7.17. The normalized spacial score (nSPS) is 10.7. The minimum Gasteiger partial charge on any atom is -0.489 e. The van der Waals surface area contributed by atoms with Gasteiger partial charge in [-0.05, 0) is 61.9 Å². The van der Waals surface area contributed by atoms with E-state index in [9.17, 15) is 9.59 Å². The number of hydrogen-bond acceptors (Lipinski definition) is 6. The average Bonchev–Trinajstić information content (AvgIpc) is 3.27. The Morgan fingerprint density at radius 3 is 2.59 bits per heavy atom. The van der Waals surface area contributed by atoms with Crippen LogP contribution in [0.25, 0.3) is 0 Å². The molecule has 0 saturated carbocycles. The third-order valence-electron chi connectivity index (χ3n) is 4.62. The zero-order chi connectivity index (χ0) is 21.1. The number of anilines is 1. The molecule has 2 heterocycles. The smallest absolute Gasteiger partial charge is 0.341 e. The van der Waals surface area contributed by atoms with Gasteiger partial charge in [0.05, 0.1) is 17.6 Å². The Bertz CT molecular complexity index is 1060. The molecule has 0 saturated heterocycles. The molecular weight excluding hydrogens is 406 g/mol. The van der Waals surface area contributed by atoms with Crippen LogP contribution in [-0.4, -0.2) is 19.0 Å². The Morgan fingerprint density at radius 1 is 1.10 bits per heavy atom. The number of amides is 1. The van der Waals surface area contributed by atoms with Crippen LogP contribution in [0.15, 0.2) is 29.6 Å². The number of methoxy groups -OCH3 is 1. The van der Waals surface area contributed by atoms with E-state index in [1.165, 1.54) is 29.8 Å². The van der Waals surface area contributed by atoms with Gasteiger partial charge < -0.3 is 14.8 Å². The van der Waals surface area contributed by atoms with Gasteiger partial charge in [0.25, 0.3) is 5.91 Å². The summed E-state index contributed by atoms with van der Waals surface area (Å²) in [6, 6.07) is 7.90. The van der Waals surface area contributed by atoms with Crippen LogP contribution >= 0.6 is 22.7 Å². The summed E-state index contributed by atoms with van der Waals surface area (Å²) in [5.41, 5.74) is 4.37. The number of nitrogens with one attached hydrogen (secondary N) is 1. The Kier molecular flexibility index (Phi) is 6.39. The molecule has 7 heteroatoms. The molecule has 1 N–H and O–H groups in total. The molecule has 1 aromatic carbocycles. The van der Waals surface area contributed by atoms with E-state index in [-0.39, 0.29) is 5.91 Å². The molecule has 152 valence electrons. The molecular formula is C22H23NO4S2. The molecule has 0 aliphatic carbocycles. The molecule has 0 bridgehead atoms. The second-order valence-electron chi connectivity index (χ2n) is 6.81. The highest BCUT2D eigenvalue weighted by Gasteiger charge is 2.22. The molecule has 29 heavy (non-hydrogen) atoms. The van der Waals surface area contributed by atoms with Crippen molar-refractivity contribution < 1.29 is 19.1 Å². The van der Waals surface area contributed by atoms with E-state index in [2.05, 4.69) is 5.32 Å². The van der Waals surface area contributed by atoms with Gasteiger partial charge in [-0.3, -0.25) is 4.79 Å². The Morgan fingerprint density at radius 2 is 1.86 bits per heavy atom. The van der Waals surface area contributed by atoms with Crippen molar-refractivity contribution in [2.45, 2.75) is 34.3 Å². The number of rotatable bonds is 6. The van der Waals surface area contributed by atoms with Gasteiger partial charge in [-0.1, -0.05) is 12.1 Å². The maximum Gasteiger partial charge on any atom is 0.341 e. The molecule has 0 aliphatic rings. The lowest BCUT2D eigenvalue weighted by Crippen LogP contribution is -2.13. The van der Waals surface area contributed by atoms with Crippen LogP contribution in [0.4, 0.5) is 5.00 Å². The fourth-order valence-electron chi connectivity index (χ4n) is 2.82. The number of esters is 1. The minimum absolute atomic E-state index is 0.251. The molecule has 0 unspecified atom stereocenters. The largest absolute Gasteiger partial charge is 0.489 e. The summed E-state index contributed by atoms with van der Waals surface area (Å²) in [6.45, 7) is 8.18. The third-order valence-corrected chi connectivity index (χ3v) is 6.72. The summed E-state index contributed by atoms with van der Waals surface area (Å²) < 4.78 is 10.8. The SMILES string of the molecule is COC(=O)c1c(NC(=O)c2cc(COc3cc(C)ccc3C)cs2)sc(C)c1C. The van der Waals surface area contributed by atoms with Crippen molar-refractivity contribution in [3.05, 3.63) is 67.2 Å². The molecule has 0 fully saturated rings. The lowest BCUT2D eigenvalue weighted by atomic mass is 10.1. The third kappa shape index (κ3) is 4.68. The molecule has 3 rings (SSSR count). The number of benzene rings is 1. The summed E-state index contributed by atoms with van der Waals surface area (Å²) in [5, 5.41) is 5.28. The van der Waals surface area contributed by atoms with Crippen molar-refractivity contribution in [3.63, 3.8) is 0 Å². The highest BCUT2D eigenvalue weighted by atomic mass is 32.1. The lowest BCUT2D eigenvalue weighted by Gasteiger charge is -2.09. The van der Waals surface area contributed by atoms with Gasteiger partial charge >= 0.3 is 5.97 Å². The maximum atomic E-state index is 12.7. The van der Waals surface area contributed by atoms with Crippen molar-refractivity contribution >= 4 is 39.6 Å². The number of carbonyl (C=O) groups excluding carboxylic acids is 2. The predicted octanol–water partition coefficient (Wildman–Crippen LogP) is 5.66.